The van der Waals surface area contributed by atoms with E-state index in [1.165, 1.54) is 24.7 Å². The number of fused-ring (bicyclic) bond motifs is 2. The largest absolute Gasteiger partial charge is 1.00 e. The standard InChI is InChI=1S/C26H42N5O.ClH/c1-18(11-15-31-17-30(6)23-21(31)22(27)28-16-29-23)9-13-24(4)20(3)10-14-25(5)19(2)8-7-12-26(24,25)32;/h11,16-17,19-20,32H,7-10,12-15H2,1-6H3,(H2,27,28,29);1H/q+1;/p-1/b18-11+;/t19-,20-,24+,25+,26+;/m1./s1. The van der Waals surface area contributed by atoms with Crippen LogP contribution in [0.2, 0.25) is 0 Å². The van der Waals surface area contributed by atoms with E-state index in [1.54, 1.807) is 0 Å². The van der Waals surface area contributed by atoms with Gasteiger partial charge in [0.05, 0.1) is 19.2 Å². The van der Waals surface area contributed by atoms with Crippen molar-refractivity contribution in [1.29, 1.82) is 0 Å². The number of nitrogens with two attached hydrogens (primary N) is 1. The van der Waals surface area contributed by atoms with E-state index in [0.29, 0.717) is 17.7 Å². The molecule has 2 aliphatic carbocycles. The highest BCUT2D eigenvalue weighted by Crippen LogP contribution is 2.65. The zero-order valence-electron chi connectivity index (χ0n) is 21.2. The van der Waals surface area contributed by atoms with E-state index in [0.717, 1.165) is 49.8 Å². The molecule has 0 radical (unpaired) electrons. The predicted octanol–water partition coefficient (Wildman–Crippen LogP) is 1.56. The van der Waals surface area contributed by atoms with Gasteiger partial charge in [-0.1, -0.05) is 50.7 Å². The van der Waals surface area contributed by atoms with Gasteiger partial charge in [-0.05, 0) is 68.1 Å². The molecule has 0 unspecified atom stereocenters. The highest BCUT2D eigenvalue weighted by Gasteiger charge is 2.64. The molecule has 2 saturated carbocycles. The fourth-order valence-electron chi connectivity index (χ4n) is 6.95. The zero-order chi connectivity index (χ0) is 23.3. The molecule has 0 aromatic carbocycles. The number of rotatable bonds is 5. The number of aromatic nitrogens is 4. The average Bonchev–Trinajstić information content (AvgIpc) is 3.08. The maximum atomic E-state index is 12.2. The van der Waals surface area contributed by atoms with Crippen LogP contribution in [0, 0.1) is 22.7 Å². The highest BCUT2D eigenvalue weighted by atomic mass is 35.5. The Balaban J connectivity index is 0.00000306. The Bertz CT molecular complexity index is 1040. The molecule has 2 heterocycles. The van der Waals surface area contributed by atoms with Crippen molar-refractivity contribution in [1.82, 2.24) is 14.5 Å². The Labute approximate surface area is 205 Å². The molecule has 0 bridgehead atoms. The van der Waals surface area contributed by atoms with E-state index in [2.05, 4.69) is 55.2 Å². The molecule has 0 amide bonds. The number of nitrogen functional groups attached to an aromatic ring is 1. The monoisotopic (exact) mass is 475 g/mol. The zero-order valence-corrected chi connectivity index (χ0v) is 22.0. The summed E-state index contributed by atoms with van der Waals surface area (Å²) in [6, 6.07) is 0. The van der Waals surface area contributed by atoms with Gasteiger partial charge in [-0.2, -0.15) is 4.98 Å². The van der Waals surface area contributed by atoms with Gasteiger partial charge in [0.15, 0.2) is 18.5 Å². The first-order chi connectivity index (χ1) is 15.0. The highest BCUT2D eigenvalue weighted by molar-refractivity contribution is 5.79. The first-order valence-corrected chi connectivity index (χ1v) is 12.4. The van der Waals surface area contributed by atoms with Crippen molar-refractivity contribution in [2.45, 2.75) is 91.7 Å². The molecule has 2 aromatic heterocycles. The van der Waals surface area contributed by atoms with Crippen LogP contribution in [0.25, 0.3) is 11.2 Å². The lowest BCUT2D eigenvalue weighted by atomic mass is 9.42. The van der Waals surface area contributed by atoms with Crippen LogP contribution in [0.3, 0.4) is 0 Å². The molecule has 184 valence electrons. The number of allylic oxidation sites excluding steroid dienone is 2. The molecule has 0 saturated heterocycles. The van der Waals surface area contributed by atoms with E-state index in [1.807, 2.05) is 17.9 Å². The topological polar surface area (TPSA) is 80.8 Å². The number of hydrogen-bond acceptors (Lipinski definition) is 4. The lowest BCUT2D eigenvalue weighted by molar-refractivity contribution is -0.647. The minimum absolute atomic E-state index is 0. The van der Waals surface area contributed by atoms with Gasteiger partial charge in [0.2, 0.25) is 5.52 Å². The van der Waals surface area contributed by atoms with Crippen molar-refractivity contribution in [2.24, 2.45) is 29.7 Å². The van der Waals surface area contributed by atoms with Crippen molar-refractivity contribution in [3.8, 4) is 0 Å². The molecule has 4 rings (SSSR count). The number of imidazole rings is 1. The lowest BCUT2D eigenvalue weighted by Gasteiger charge is -2.65. The molecule has 6 nitrogen and oxygen atoms in total. The van der Waals surface area contributed by atoms with Gasteiger partial charge < -0.3 is 23.2 Å². The predicted molar refractivity (Wildman–Crippen MR) is 129 cm³/mol. The molecule has 7 heteroatoms. The Morgan fingerprint density at radius 3 is 2.70 bits per heavy atom. The van der Waals surface area contributed by atoms with Gasteiger partial charge in [-0.3, -0.25) is 4.57 Å². The van der Waals surface area contributed by atoms with Gasteiger partial charge in [0, 0.05) is 0 Å². The van der Waals surface area contributed by atoms with Crippen molar-refractivity contribution in [2.75, 3.05) is 5.73 Å². The van der Waals surface area contributed by atoms with E-state index in [9.17, 15) is 5.11 Å². The summed E-state index contributed by atoms with van der Waals surface area (Å²) >= 11 is 0. The molecule has 2 aliphatic rings. The van der Waals surface area contributed by atoms with Crippen LogP contribution in [0.5, 0.6) is 0 Å². The average molecular weight is 476 g/mol. The molecule has 0 spiro atoms. The summed E-state index contributed by atoms with van der Waals surface area (Å²) < 4.78 is 4.11. The van der Waals surface area contributed by atoms with Gasteiger partial charge in [0.1, 0.15) is 0 Å². The van der Waals surface area contributed by atoms with Gasteiger partial charge in [-0.15, -0.1) is 0 Å². The summed E-state index contributed by atoms with van der Waals surface area (Å²) in [5, 5.41) is 12.2. The number of aliphatic hydroxyl groups is 1. The third-order valence-electron chi connectivity index (χ3n) is 9.78. The normalized spacial score (nSPS) is 34.7. The summed E-state index contributed by atoms with van der Waals surface area (Å²) in [7, 11) is 1.98. The second-order valence-electron chi connectivity index (χ2n) is 11.3. The summed E-state index contributed by atoms with van der Waals surface area (Å²) in [6.45, 7) is 12.4. The fraction of sp³-hybridized carbons (Fsp3) is 0.731. The Morgan fingerprint density at radius 2 is 1.97 bits per heavy atom. The lowest BCUT2D eigenvalue weighted by Crippen LogP contribution is -3.00. The number of nitrogens with zero attached hydrogens (tertiary/aromatic N) is 4. The minimum Gasteiger partial charge on any atom is -1.00 e. The minimum atomic E-state index is -0.578. The number of hydrogen-bond donors (Lipinski definition) is 2. The van der Waals surface area contributed by atoms with Crippen LogP contribution in [0.4, 0.5) is 5.82 Å². The van der Waals surface area contributed by atoms with Crippen LogP contribution in [-0.4, -0.2) is 25.2 Å². The van der Waals surface area contributed by atoms with Crippen LogP contribution in [0.1, 0.15) is 79.6 Å². The second-order valence-corrected chi connectivity index (χ2v) is 11.3. The summed E-state index contributed by atoms with van der Waals surface area (Å²) in [5.41, 5.74) is 8.61. The van der Waals surface area contributed by atoms with E-state index >= 15 is 0 Å². The summed E-state index contributed by atoms with van der Waals surface area (Å²) in [6.07, 6.45) is 13.6. The maximum Gasteiger partial charge on any atom is 0.307 e. The number of anilines is 1. The number of aryl methyl sites for hydroxylation is 1. The SMILES string of the molecule is C/C(=C\Cn1c[n+](C)c2ncnc(N)c21)CC[C@@]1(C)[C@H](C)CC[C@@]2(C)[C@H](C)CCC[C@]12O.[Cl-]. The van der Waals surface area contributed by atoms with E-state index in [-0.39, 0.29) is 23.2 Å². The third-order valence-corrected chi connectivity index (χ3v) is 9.78. The molecule has 2 aromatic rings. The van der Waals surface area contributed by atoms with Crippen LogP contribution in [0.15, 0.2) is 24.3 Å². The van der Waals surface area contributed by atoms with Crippen LogP contribution >= 0.6 is 0 Å². The molecule has 33 heavy (non-hydrogen) atoms. The van der Waals surface area contributed by atoms with Crippen molar-refractivity contribution >= 4 is 17.0 Å². The van der Waals surface area contributed by atoms with Crippen molar-refractivity contribution in [3.63, 3.8) is 0 Å². The third kappa shape index (κ3) is 3.97. The summed E-state index contributed by atoms with van der Waals surface area (Å²) in [5.74, 6) is 1.63. The Morgan fingerprint density at radius 1 is 1.24 bits per heavy atom. The molecule has 2 fully saturated rings. The van der Waals surface area contributed by atoms with Crippen molar-refractivity contribution in [3.05, 3.63) is 24.3 Å². The molecular formula is C26H42ClN5O. The van der Waals surface area contributed by atoms with Crippen molar-refractivity contribution < 1.29 is 22.1 Å². The molecule has 5 atom stereocenters. The first kappa shape index (κ1) is 26.0. The molecule has 3 N–H and O–H groups in total. The second kappa shape index (κ2) is 9.18. The Kier molecular flexibility index (Phi) is 7.22. The van der Waals surface area contributed by atoms with E-state index < -0.39 is 5.60 Å². The van der Waals surface area contributed by atoms with Crippen LogP contribution in [-0.2, 0) is 13.6 Å². The first-order valence-electron chi connectivity index (χ1n) is 12.4. The molecule has 0 aliphatic heterocycles. The smallest absolute Gasteiger partial charge is 0.307 e. The van der Waals surface area contributed by atoms with Crippen LogP contribution < -0.4 is 22.7 Å². The van der Waals surface area contributed by atoms with Gasteiger partial charge in [-0.25, -0.2) is 4.57 Å². The quantitative estimate of drug-likeness (QED) is 0.508. The molecular weight excluding hydrogens is 434 g/mol. The maximum absolute atomic E-state index is 12.2. The van der Waals surface area contributed by atoms with Gasteiger partial charge >= 0.3 is 5.65 Å². The van der Waals surface area contributed by atoms with Gasteiger partial charge in [0.25, 0.3) is 0 Å². The fourth-order valence-corrected chi connectivity index (χ4v) is 6.95. The summed E-state index contributed by atoms with van der Waals surface area (Å²) in [4.78, 5) is 8.53. The Hall–Kier alpha value is -1.66. The number of halogens is 1. The van der Waals surface area contributed by atoms with E-state index in [4.69, 9.17) is 5.73 Å².